The van der Waals surface area contributed by atoms with Crippen LogP contribution < -0.4 is 4.31 Å². The number of nitrogens with zero attached hydrogens (tertiary/aromatic N) is 1. The largest absolute Gasteiger partial charge is 0.391 e. The summed E-state index contributed by atoms with van der Waals surface area (Å²) in [6.07, 6.45) is -0.826. The summed E-state index contributed by atoms with van der Waals surface area (Å²) < 4.78 is 30.2. The van der Waals surface area contributed by atoms with Crippen molar-refractivity contribution in [1.29, 1.82) is 0 Å². The predicted octanol–water partition coefficient (Wildman–Crippen LogP) is 1.39. The van der Waals surface area contributed by atoms with E-state index in [-0.39, 0.29) is 42.7 Å². The molecule has 1 rings (SSSR count). The first kappa shape index (κ1) is 19.9. The molecule has 109 valence electrons. The zero-order valence-electron chi connectivity index (χ0n) is 12.8. The number of rotatable bonds is 6. The fourth-order valence-corrected chi connectivity index (χ4v) is 2.99. The second-order valence-corrected chi connectivity index (χ2v) is 6.13. The number of hydrogen-bond acceptors (Lipinski definition) is 4. The summed E-state index contributed by atoms with van der Waals surface area (Å²) in [5.41, 5.74) is 2.55. The molecule has 1 aromatic carbocycles. The number of aryl methyl sites for hydroxylation is 2. The molecular weight excluding hydrogens is 289 g/mol. The van der Waals surface area contributed by atoms with Crippen molar-refractivity contribution in [2.75, 3.05) is 17.5 Å². The van der Waals surface area contributed by atoms with Crippen LogP contribution in [0, 0.1) is 13.8 Å². The molecular formula is C13H21NNaO4S. The molecule has 0 aliphatic heterocycles. The molecule has 1 radical (unpaired) electrons. The molecule has 0 saturated heterocycles. The van der Waals surface area contributed by atoms with Crippen LogP contribution in [0.5, 0.6) is 0 Å². The van der Waals surface area contributed by atoms with Gasteiger partial charge in [0.05, 0.1) is 18.4 Å². The molecule has 0 aliphatic carbocycles. The Morgan fingerprint density at radius 2 is 1.75 bits per heavy atom. The van der Waals surface area contributed by atoms with E-state index in [1.165, 1.54) is 11.2 Å². The molecule has 0 bridgehead atoms. The summed E-state index contributed by atoms with van der Waals surface area (Å²) >= 11 is 0. The summed E-state index contributed by atoms with van der Waals surface area (Å²) in [6, 6.07) is 5.56. The SMILES string of the molecule is CCN(c1cc(C)cc(C)c1)S(=O)(=O)OCC(C)O.[Na]. The summed E-state index contributed by atoms with van der Waals surface area (Å²) in [4.78, 5) is 0. The molecule has 1 aromatic rings. The van der Waals surface area contributed by atoms with E-state index in [1.54, 1.807) is 19.1 Å². The van der Waals surface area contributed by atoms with Gasteiger partial charge in [-0.05, 0) is 51.0 Å². The number of anilines is 1. The zero-order valence-corrected chi connectivity index (χ0v) is 15.6. The van der Waals surface area contributed by atoms with Crippen LogP contribution in [0.15, 0.2) is 18.2 Å². The molecule has 7 heteroatoms. The van der Waals surface area contributed by atoms with Crippen LogP contribution in [-0.4, -0.2) is 62.3 Å². The van der Waals surface area contributed by atoms with Gasteiger partial charge in [0.1, 0.15) is 0 Å². The van der Waals surface area contributed by atoms with E-state index >= 15 is 0 Å². The molecule has 0 heterocycles. The third kappa shape index (κ3) is 5.71. The Kier molecular flexibility index (Phi) is 8.32. The van der Waals surface area contributed by atoms with E-state index < -0.39 is 16.4 Å². The van der Waals surface area contributed by atoms with Gasteiger partial charge in [0.2, 0.25) is 0 Å². The van der Waals surface area contributed by atoms with E-state index in [0.29, 0.717) is 5.69 Å². The summed E-state index contributed by atoms with van der Waals surface area (Å²) in [7, 11) is -3.88. The van der Waals surface area contributed by atoms with Gasteiger partial charge < -0.3 is 5.11 Å². The quantitative estimate of drug-likeness (QED) is 0.806. The topological polar surface area (TPSA) is 66.8 Å². The van der Waals surface area contributed by atoms with Crippen molar-refractivity contribution in [2.45, 2.75) is 33.8 Å². The van der Waals surface area contributed by atoms with Crippen LogP contribution in [0.4, 0.5) is 5.69 Å². The molecule has 1 unspecified atom stereocenters. The van der Waals surface area contributed by atoms with Gasteiger partial charge >= 0.3 is 10.3 Å². The molecule has 0 aromatic heterocycles. The van der Waals surface area contributed by atoms with E-state index in [0.717, 1.165) is 11.1 Å². The Morgan fingerprint density at radius 1 is 1.25 bits per heavy atom. The van der Waals surface area contributed by atoms with E-state index in [4.69, 9.17) is 9.29 Å². The monoisotopic (exact) mass is 310 g/mol. The van der Waals surface area contributed by atoms with Crippen LogP contribution in [0.3, 0.4) is 0 Å². The smallest absolute Gasteiger partial charge is 0.362 e. The van der Waals surface area contributed by atoms with Crippen molar-refractivity contribution in [3.63, 3.8) is 0 Å². The fourth-order valence-electron chi connectivity index (χ4n) is 1.81. The van der Waals surface area contributed by atoms with Gasteiger partial charge in [0.25, 0.3) is 0 Å². The first-order valence-electron chi connectivity index (χ1n) is 6.19. The Balaban J connectivity index is 0.00000361. The van der Waals surface area contributed by atoms with Crippen molar-refractivity contribution in [3.8, 4) is 0 Å². The minimum Gasteiger partial charge on any atom is -0.391 e. The number of hydrogen-bond donors (Lipinski definition) is 1. The van der Waals surface area contributed by atoms with Crippen LogP contribution >= 0.6 is 0 Å². The molecule has 0 spiro atoms. The fraction of sp³-hybridized carbons (Fsp3) is 0.538. The van der Waals surface area contributed by atoms with Gasteiger partial charge in [-0.1, -0.05) is 6.07 Å². The Labute approximate surface area is 143 Å². The van der Waals surface area contributed by atoms with E-state index in [9.17, 15) is 8.42 Å². The van der Waals surface area contributed by atoms with Crippen LogP contribution in [0.1, 0.15) is 25.0 Å². The minimum absolute atomic E-state index is 0. The molecule has 0 amide bonds. The van der Waals surface area contributed by atoms with Gasteiger partial charge in [-0.15, -0.1) is 0 Å². The maximum Gasteiger partial charge on any atom is 0.362 e. The van der Waals surface area contributed by atoms with E-state index in [2.05, 4.69) is 0 Å². The molecule has 20 heavy (non-hydrogen) atoms. The second-order valence-electron chi connectivity index (χ2n) is 4.60. The zero-order chi connectivity index (χ0) is 14.6. The minimum atomic E-state index is -3.88. The van der Waals surface area contributed by atoms with Crippen molar-refractivity contribution in [2.24, 2.45) is 0 Å². The third-order valence-electron chi connectivity index (χ3n) is 2.51. The van der Waals surface area contributed by atoms with Crippen molar-refractivity contribution in [3.05, 3.63) is 29.3 Å². The second kappa shape index (κ2) is 8.36. The van der Waals surface area contributed by atoms with Gasteiger partial charge in [0.15, 0.2) is 0 Å². The Bertz CT molecular complexity index is 511. The average molecular weight is 310 g/mol. The van der Waals surface area contributed by atoms with E-state index in [1.807, 2.05) is 19.9 Å². The van der Waals surface area contributed by atoms with Crippen molar-refractivity contribution in [1.82, 2.24) is 0 Å². The molecule has 0 fully saturated rings. The summed E-state index contributed by atoms with van der Waals surface area (Å²) in [6.45, 7) is 7.06. The van der Waals surface area contributed by atoms with Crippen molar-refractivity contribution >= 4 is 45.5 Å². The molecule has 0 saturated carbocycles. The first-order valence-corrected chi connectivity index (χ1v) is 7.56. The maximum absolute atomic E-state index is 12.1. The summed E-state index contributed by atoms with van der Waals surface area (Å²) in [5, 5.41) is 9.12. The van der Waals surface area contributed by atoms with Gasteiger partial charge in [-0.25, -0.2) is 4.31 Å². The summed E-state index contributed by atoms with van der Waals surface area (Å²) in [5.74, 6) is 0. The van der Waals surface area contributed by atoms with Gasteiger partial charge in [-0.2, -0.15) is 8.42 Å². The number of aliphatic hydroxyl groups excluding tert-OH is 1. The van der Waals surface area contributed by atoms with Crippen LogP contribution in [0.25, 0.3) is 0 Å². The molecule has 5 nitrogen and oxygen atoms in total. The van der Waals surface area contributed by atoms with Gasteiger partial charge in [0, 0.05) is 36.1 Å². The average Bonchev–Trinajstić information content (AvgIpc) is 2.25. The Morgan fingerprint density at radius 3 is 2.15 bits per heavy atom. The first-order chi connectivity index (χ1) is 8.76. The molecule has 1 atom stereocenters. The number of benzene rings is 1. The normalized spacial score (nSPS) is 12.7. The van der Waals surface area contributed by atoms with Crippen LogP contribution in [0.2, 0.25) is 0 Å². The predicted molar refractivity (Wildman–Crippen MR) is 81.2 cm³/mol. The maximum atomic E-state index is 12.1. The Hall–Kier alpha value is -0.110. The third-order valence-corrected chi connectivity index (χ3v) is 3.95. The standard InChI is InChI=1S/C13H21NO4S.Na/c1-5-14(19(16,17)18-9-12(4)15)13-7-10(2)6-11(3)8-13;/h6-8,12,15H,5,9H2,1-4H3;. The van der Waals surface area contributed by atoms with Crippen LogP contribution in [-0.2, 0) is 14.5 Å². The molecule has 1 N–H and O–H groups in total. The van der Waals surface area contributed by atoms with Crippen molar-refractivity contribution < 1.29 is 17.7 Å². The number of aliphatic hydroxyl groups is 1. The molecule has 0 aliphatic rings. The van der Waals surface area contributed by atoms with Gasteiger partial charge in [-0.3, -0.25) is 4.18 Å².